The average Bonchev–Trinajstić information content (AvgIpc) is 2.98. The molecule has 1 saturated heterocycles. The number of amides is 3. The minimum atomic E-state index is -0.580. The van der Waals surface area contributed by atoms with Crippen molar-refractivity contribution in [3.8, 4) is 0 Å². The number of hydrogen-bond acceptors (Lipinski definition) is 5. The van der Waals surface area contributed by atoms with E-state index in [1.807, 2.05) is 18.2 Å². The maximum absolute atomic E-state index is 13.1. The Morgan fingerprint density at radius 3 is 2.71 bits per heavy atom. The zero-order valence-corrected chi connectivity index (χ0v) is 17.3. The van der Waals surface area contributed by atoms with Crippen LogP contribution in [0.3, 0.4) is 0 Å². The average molecular weight is 418 g/mol. The van der Waals surface area contributed by atoms with E-state index in [-0.39, 0.29) is 30.2 Å². The highest BCUT2D eigenvalue weighted by atomic mass is 16.2. The number of rotatable bonds is 3. The highest BCUT2D eigenvalue weighted by Gasteiger charge is 2.39. The summed E-state index contributed by atoms with van der Waals surface area (Å²) in [5.41, 5.74) is 11.6. The zero-order valence-electron chi connectivity index (χ0n) is 17.3. The third kappa shape index (κ3) is 3.75. The van der Waals surface area contributed by atoms with Crippen LogP contribution in [-0.2, 0) is 29.1 Å². The smallest absolute Gasteiger partial charge is 0.255 e. The fourth-order valence-electron chi connectivity index (χ4n) is 4.97. The van der Waals surface area contributed by atoms with Gasteiger partial charge in [0.05, 0.1) is 0 Å². The molecular formula is C24H26N4O3. The van der Waals surface area contributed by atoms with Crippen molar-refractivity contribution in [2.75, 3.05) is 13.1 Å². The lowest BCUT2D eigenvalue weighted by Gasteiger charge is -2.29. The van der Waals surface area contributed by atoms with E-state index < -0.39 is 6.04 Å². The highest BCUT2D eigenvalue weighted by molar-refractivity contribution is 6.05. The van der Waals surface area contributed by atoms with Crippen LogP contribution in [-0.4, -0.2) is 46.7 Å². The van der Waals surface area contributed by atoms with Gasteiger partial charge in [-0.1, -0.05) is 36.4 Å². The number of piperidine rings is 1. The monoisotopic (exact) mass is 418 g/mol. The molecule has 3 amide bonds. The molecule has 160 valence electrons. The van der Waals surface area contributed by atoms with Crippen molar-refractivity contribution >= 4 is 17.7 Å². The van der Waals surface area contributed by atoms with E-state index in [9.17, 15) is 14.4 Å². The van der Waals surface area contributed by atoms with Crippen LogP contribution in [0.2, 0.25) is 0 Å². The SMILES string of the molecule is NC1CN(Cc2ccc3c(c2)C(=O)N(C2CCC(=O)NC2=O)C3)CCc2ccccc21. The summed E-state index contributed by atoms with van der Waals surface area (Å²) in [5, 5.41) is 2.35. The predicted octanol–water partition coefficient (Wildman–Crippen LogP) is 1.51. The number of nitrogens with one attached hydrogen (secondary N) is 1. The van der Waals surface area contributed by atoms with Gasteiger partial charge in [-0.3, -0.25) is 24.6 Å². The first-order valence-electron chi connectivity index (χ1n) is 10.8. The Labute approximate surface area is 181 Å². The Kier molecular flexibility index (Phi) is 5.08. The molecule has 31 heavy (non-hydrogen) atoms. The number of carbonyl (C=O) groups excluding carboxylic acids is 3. The largest absolute Gasteiger partial charge is 0.323 e. The summed E-state index contributed by atoms with van der Waals surface area (Å²) >= 11 is 0. The van der Waals surface area contributed by atoms with Crippen LogP contribution < -0.4 is 11.1 Å². The first-order chi connectivity index (χ1) is 15.0. The summed E-state index contributed by atoms with van der Waals surface area (Å²) in [6.07, 6.45) is 1.60. The number of nitrogens with two attached hydrogens (primary N) is 1. The van der Waals surface area contributed by atoms with E-state index in [4.69, 9.17) is 5.73 Å². The molecule has 7 nitrogen and oxygen atoms in total. The van der Waals surface area contributed by atoms with Gasteiger partial charge in [-0.15, -0.1) is 0 Å². The van der Waals surface area contributed by atoms with Gasteiger partial charge < -0.3 is 10.6 Å². The molecule has 0 spiro atoms. The van der Waals surface area contributed by atoms with Gasteiger partial charge in [-0.25, -0.2) is 0 Å². The van der Waals surface area contributed by atoms with Crippen molar-refractivity contribution in [3.63, 3.8) is 0 Å². The fourth-order valence-corrected chi connectivity index (χ4v) is 4.97. The van der Waals surface area contributed by atoms with Crippen molar-refractivity contribution in [1.29, 1.82) is 0 Å². The van der Waals surface area contributed by atoms with E-state index >= 15 is 0 Å². The Balaban J connectivity index is 1.30. The van der Waals surface area contributed by atoms with Gasteiger partial charge in [0.1, 0.15) is 6.04 Å². The van der Waals surface area contributed by atoms with Crippen LogP contribution in [0, 0.1) is 0 Å². The zero-order chi connectivity index (χ0) is 21.5. The van der Waals surface area contributed by atoms with Gasteiger partial charge in [-0.2, -0.15) is 0 Å². The van der Waals surface area contributed by atoms with Crippen LogP contribution in [0.5, 0.6) is 0 Å². The number of imide groups is 1. The minimum absolute atomic E-state index is 0.0298. The molecule has 3 aliphatic heterocycles. The topological polar surface area (TPSA) is 95.7 Å². The summed E-state index contributed by atoms with van der Waals surface area (Å²) in [4.78, 5) is 40.6. The molecule has 7 heteroatoms. The van der Waals surface area contributed by atoms with E-state index in [1.165, 1.54) is 11.1 Å². The second-order valence-electron chi connectivity index (χ2n) is 8.68. The summed E-state index contributed by atoms with van der Waals surface area (Å²) in [7, 11) is 0. The first kappa shape index (κ1) is 19.9. The van der Waals surface area contributed by atoms with Crippen molar-refractivity contribution in [2.24, 2.45) is 5.73 Å². The number of nitrogens with zero attached hydrogens (tertiary/aromatic N) is 2. The van der Waals surface area contributed by atoms with Crippen molar-refractivity contribution in [1.82, 2.24) is 15.1 Å². The van der Waals surface area contributed by atoms with Gasteiger partial charge in [0.2, 0.25) is 11.8 Å². The van der Waals surface area contributed by atoms with Gasteiger partial charge in [0.25, 0.3) is 5.91 Å². The van der Waals surface area contributed by atoms with Crippen LogP contribution >= 0.6 is 0 Å². The highest BCUT2D eigenvalue weighted by Crippen LogP contribution is 2.29. The molecule has 3 heterocycles. The molecule has 3 N–H and O–H groups in total. The molecule has 0 aromatic heterocycles. The van der Waals surface area contributed by atoms with E-state index in [2.05, 4.69) is 34.5 Å². The molecular weight excluding hydrogens is 392 g/mol. The lowest BCUT2D eigenvalue weighted by Crippen LogP contribution is -2.52. The summed E-state index contributed by atoms with van der Waals surface area (Å²) in [5.74, 6) is -0.785. The maximum atomic E-state index is 13.1. The second kappa shape index (κ2) is 7.90. The molecule has 0 radical (unpaired) electrons. The standard InChI is InChI=1S/C24H26N4O3/c25-20-14-27(10-9-16-3-1-2-4-18(16)20)12-15-5-6-17-13-28(24(31)19(17)11-15)21-7-8-22(29)26-23(21)30/h1-6,11,20-21H,7-10,12-14,25H2,(H,26,29,30). The van der Waals surface area contributed by atoms with E-state index in [0.29, 0.717) is 18.5 Å². The molecule has 2 atom stereocenters. The third-order valence-electron chi connectivity index (χ3n) is 6.61. The Morgan fingerprint density at radius 1 is 1.03 bits per heavy atom. The second-order valence-corrected chi connectivity index (χ2v) is 8.68. The van der Waals surface area contributed by atoms with E-state index in [1.54, 1.807) is 4.90 Å². The Morgan fingerprint density at radius 2 is 1.87 bits per heavy atom. The molecule has 2 aromatic rings. The lowest BCUT2D eigenvalue weighted by molar-refractivity contribution is -0.136. The van der Waals surface area contributed by atoms with Crippen molar-refractivity contribution in [2.45, 2.75) is 44.4 Å². The number of fused-ring (bicyclic) bond motifs is 2. The van der Waals surface area contributed by atoms with Gasteiger partial charge in [-0.05, 0) is 41.2 Å². The molecule has 2 unspecified atom stereocenters. The predicted molar refractivity (Wildman–Crippen MR) is 115 cm³/mol. The minimum Gasteiger partial charge on any atom is -0.323 e. The van der Waals surface area contributed by atoms with Gasteiger partial charge in [0.15, 0.2) is 0 Å². The Hall–Kier alpha value is -3.03. The first-order valence-corrected chi connectivity index (χ1v) is 10.8. The summed E-state index contributed by atoms with van der Waals surface area (Å²) in [6, 6.07) is 13.7. The van der Waals surface area contributed by atoms with E-state index in [0.717, 1.165) is 37.2 Å². The van der Waals surface area contributed by atoms with Crippen molar-refractivity contribution in [3.05, 3.63) is 70.3 Å². The van der Waals surface area contributed by atoms with Crippen molar-refractivity contribution < 1.29 is 14.4 Å². The number of carbonyl (C=O) groups is 3. The van der Waals surface area contributed by atoms with Crippen LogP contribution in [0.4, 0.5) is 0 Å². The lowest BCUT2D eigenvalue weighted by atomic mass is 10.0. The van der Waals surface area contributed by atoms with Crippen LogP contribution in [0.15, 0.2) is 42.5 Å². The van der Waals surface area contributed by atoms with Crippen LogP contribution in [0.25, 0.3) is 0 Å². The normalized spacial score (nSPS) is 23.9. The Bertz CT molecular complexity index is 1070. The molecule has 2 aromatic carbocycles. The molecule has 0 aliphatic carbocycles. The van der Waals surface area contributed by atoms with Crippen LogP contribution in [0.1, 0.15) is 51.5 Å². The maximum Gasteiger partial charge on any atom is 0.255 e. The van der Waals surface area contributed by atoms with Gasteiger partial charge >= 0.3 is 0 Å². The summed E-state index contributed by atoms with van der Waals surface area (Å²) < 4.78 is 0. The number of benzene rings is 2. The molecule has 0 bridgehead atoms. The fraction of sp³-hybridized carbons (Fsp3) is 0.375. The van der Waals surface area contributed by atoms with Gasteiger partial charge in [0, 0.05) is 44.2 Å². The molecule has 1 fully saturated rings. The number of hydrogen-bond donors (Lipinski definition) is 2. The molecule has 3 aliphatic rings. The quantitative estimate of drug-likeness (QED) is 0.737. The molecule has 5 rings (SSSR count). The summed E-state index contributed by atoms with van der Waals surface area (Å²) in [6.45, 7) is 2.81. The molecule has 0 saturated carbocycles. The third-order valence-corrected chi connectivity index (χ3v) is 6.61.